The van der Waals surface area contributed by atoms with Crippen molar-refractivity contribution in [1.29, 1.82) is 5.41 Å². The maximum absolute atomic E-state index is 11.5. The lowest BCUT2D eigenvalue weighted by atomic mass is 10.2. The van der Waals surface area contributed by atoms with E-state index in [4.69, 9.17) is 11.1 Å². The number of nitrogens with two attached hydrogens (primary N) is 1. The number of nitrogen functional groups attached to an aromatic ring is 1. The lowest BCUT2D eigenvalue weighted by Gasteiger charge is -2.35. The fraction of sp³-hybridized carbons (Fsp3) is 0.455. The van der Waals surface area contributed by atoms with Gasteiger partial charge in [-0.15, -0.1) is 0 Å². The molecule has 1 unspecified atom stereocenters. The Balaban J connectivity index is 2.36. The third-order valence-corrected chi connectivity index (χ3v) is 4.82. The molecule has 0 radical (unpaired) electrons. The second kappa shape index (κ2) is 4.56. The summed E-state index contributed by atoms with van der Waals surface area (Å²) in [5.74, 6) is 0.147. The number of sulfone groups is 1. The van der Waals surface area contributed by atoms with E-state index in [2.05, 4.69) is 4.98 Å². The number of rotatable bonds is 2. The summed E-state index contributed by atoms with van der Waals surface area (Å²) < 4.78 is 23.1. The van der Waals surface area contributed by atoms with Gasteiger partial charge in [0, 0.05) is 18.8 Å². The van der Waals surface area contributed by atoms with Crippen LogP contribution in [-0.4, -0.2) is 43.3 Å². The largest absolute Gasteiger partial charge is 0.382 e. The Bertz CT molecular complexity index is 570. The lowest BCUT2D eigenvalue weighted by molar-refractivity contribution is 0.568. The molecule has 0 bridgehead atoms. The molecule has 1 saturated heterocycles. The van der Waals surface area contributed by atoms with Crippen LogP contribution in [0.5, 0.6) is 0 Å². The molecule has 6 nitrogen and oxygen atoms in total. The fourth-order valence-electron chi connectivity index (χ4n) is 2.19. The van der Waals surface area contributed by atoms with Crippen LogP contribution in [0.4, 0.5) is 5.69 Å². The first-order chi connectivity index (χ1) is 8.41. The minimum atomic E-state index is -2.95. The van der Waals surface area contributed by atoms with Crippen molar-refractivity contribution < 1.29 is 8.42 Å². The minimum Gasteiger partial charge on any atom is -0.382 e. The molecular weight excluding hydrogens is 252 g/mol. The van der Waals surface area contributed by atoms with Crippen molar-refractivity contribution in [2.24, 2.45) is 5.73 Å². The standard InChI is InChI=1S/C11H16N4O2S/c1-8-7-18(16,17)6-5-15(8)9-3-2-4-14-10(9)11(12)13/h2-4,8H,5-7H2,1H3,(H3,12,13). The number of aromatic nitrogens is 1. The average molecular weight is 268 g/mol. The Kier molecular flexibility index (Phi) is 3.25. The Morgan fingerprint density at radius 3 is 2.94 bits per heavy atom. The van der Waals surface area contributed by atoms with Gasteiger partial charge in [0.25, 0.3) is 0 Å². The highest BCUT2D eigenvalue weighted by Gasteiger charge is 2.29. The third kappa shape index (κ3) is 2.45. The molecule has 1 aromatic rings. The van der Waals surface area contributed by atoms with Crippen LogP contribution in [0, 0.1) is 5.41 Å². The highest BCUT2D eigenvalue weighted by atomic mass is 32.2. The van der Waals surface area contributed by atoms with Gasteiger partial charge < -0.3 is 10.6 Å². The Morgan fingerprint density at radius 2 is 2.33 bits per heavy atom. The van der Waals surface area contributed by atoms with Gasteiger partial charge in [0.15, 0.2) is 9.84 Å². The number of anilines is 1. The van der Waals surface area contributed by atoms with E-state index < -0.39 is 9.84 Å². The quantitative estimate of drug-likeness (QED) is 0.580. The summed E-state index contributed by atoms with van der Waals surface area (Å²) in [5.41, 5.74) is 6.63. The maximum atomic E-state index is 11.5. The molecule has 0 amide bonds. The molecule has 1 aliphatic rings. The SMILES string of the molecule is CC1CS(=O)(=O)CCN1c1cccnc1C(=N)N. The van der Waals surface area contributed by atoms with E-state index in [1.807, 2.05) is 17.9 Å². The molecule has 0 aromatic carbocycles. The van der Waals surface area contributed by atoms with E-state index in [1.54, 1.807) is 12.3 Å². The zero-order valence-electron chi connectivity index (χ0n) is 10.1. The van der Waals surface area contributed by atoms with E-state index in [1.165, 1.54) is 0 Å². The Hall–Kier alpha value is -1.63. The summed E-state index contributed by atoms with van der Waals surface area (Å²) in [5, 5.41) is 7.51. The zero-order chi connectivity index (χ0) is 13.3. The first-order valence-electron chi connectivity index (χ1n) is 5.67. The van der Waals surface area contributed by atoms with Gasteiger partial charge in [-0.25, -0.2) is 8.42 Å². The first kappa shape index (κ1) is 12.8. The van der Waals surface area contributed by atoms with Crippen LogP contribution in [0.1, 0.15) is 12.6 Å². The van der Waals surface area contributed by atoms with Crippen LogP contribution in [0.15, 0.2) is 18.3 Å². The summed E-state index contributed by atoms with van der Waals surface area (Å²) in [6, 6.07) is 3.45. The molecule has 1 atom stereocenters. The normalized spacial score (nSPS) is 22.7. The van der Waals surface area contributed by atoms with E-state index in [0.29, 0.717) is 12.2 Å². The van der Waals surface area contributed by atoms with Crippen molar-refractivity contribution in [2.75, 3.05) is 23.0 Å². The smallest absolute Gasteiger partial charge is 0.154 e. The third-order valence-electron chi connectivity index (χ3n) is 3.02. The van der Waals surface area contributed by atoms with Crippen LogP contribution >= 0.6 is 0 Å². The van der Waals surface area contributed by atoms with Crippen LogP contribution in [0.3, 0.4) is 0 Å². The van der Waals surface area contributed by atoms with Gasteiger partial charge in [-0.05, 0) is 19.1 Å². The number of nitrogens with one attached hydrogen (secondary N) is 1. The van der Waals surface area contributed by atoms with Gasteiger partial charge in [-0.2, -0.15) is 0 Å². The van der Waals surface area contributed by atoms with Crippen LogP contribution in [0.25, 0.3) is 0 Å². The molecule has 2 heterocycles. The molecule has 0 saturated carbocycles. The number of pyridine rings is 1. The number of amidine groups is 1. The molecule has 0 aliphatic carbocycles. The van der Waals surface area contributed by atoms with Crippen molar-refractivity contribution in [1.82, 2.24) is 4.98 Å². The van der Waals surface area contributed by atoms with E-state index >= 15 is 0 Å². The predicted molar refractivity (Wildman–Crippen MR) is 70.7 cm³/mol. The maximum Gasteiger partial charge on any atom is 0.154 e. The van der Waals surface area contributed by atoms with E-state index in [0.717, 1.165) is 5.69 Å². The molecule has 1 aliphatic heterocycles. The summed E-state index contributed by atoms with van der Waals surface area (Å²) in [6.45, 7) is 2.27. The highest BCUT2D eigenvalue weighted by molar-refractivity contribution is 7.91. The summed E-state index contributed by atoms with van der Waals surface area (Å²) >= 11 is 0. The molecular formula is C11H16N4O2S. The van der Waals surface area contributed by atoms with Gasteiger partial charge in [0.2, 0.25) is 0 Å². The van der Waals surface area contributed by atoms with Gasteiger partial charge in [0.1, 0.15) is 11.5 Å². The molecule has 98 valence electrons. The van der Waals surface area contributed by atoms with Crippen LogP contribution in [-0.2, 0) is 9.84 Å². The molecule has 3 N–H and O–H groups in total. The average Bonchev–Trinajstić information content (AvgIpc) is 2.28. The monoisotopic (exact) mass is 268 g/mol. The lowest BCUT2D eigenvalue weighted by Crippen LogP contribution is -2.47. The highest BCUT2D eigenvalue weighted by Crippen LogP contribution is 2.23. The van der Waals surface area contributed by atoms with Crippen molar-refractivity contribution >= 4 is 21.4 Å². The minimum absolute atomic E-state index is 0.105. The Labute approximate surface area is 106 Å². The van der Waals surface area contributed by atoms with Crippen LogP contribution in [0.2, 0.25) is 0 Å². The number of hydrogen-bond donors (Lipinski definition) is 2. The van der Waals surface area contributed by atoms with Crippen molar-refractivity contribution in [3.8, 4) is 0 Å². The topological polar surface area (TPSA) is 100 Å². The predicted octanol–water partition coefficient (Wildman–Crippen LogP) is -0.0110. The zero-order valence-corrected chi connectivity index (χ0v) is 10.9. The number of hydrogen-bond acceptors (Lipinski definition) is 5. The van der Waals surface area contributed by atoms with Gasteiger partial charge in [0.05, 0.1) is 17.2 Å². The van der Waals surface area contributed by atoms with Crippen molar-refractivity contribution in [3.63, 3.8) is 0 Å². The van der Waals surface area contributed by atoms with Crippen molar-refractivity contribution in [2.45, 2.75) is 13.0 Å². The van der Waals surface area contributed by atoms with Crippen molar-refractivity contribution in [3.05, 3.63) is 24.0 Å². The van der Waals surface area contributed by atoms with Gasteiger partial charge >= 0.3 is 0 Å². The van der Waals surface area contributed by atoms with Gasteiger partial charge in [-0.1, -0.05) is 0 Å². The summed E-state index contributed by atoms with van der Waals surface area (Å²) in [6.07, 6.45) is 1.57. The Morgan fingerprint density at radius 1 is 1.61 bits per heavy atom. The molecule has 2 rings (SSSR count). The summed E-state index contributed by atoms with van der Waals surface area (Å²) in [7, 11) is -2.95. The van der Waals surface area contributed by atoms with E-state index in [-0.39, 0.29) is 23.4 Å². The van der Waals surface area contributed by atoms with Crippen LogP contribution < -0.4 is 10.6 Å². The molecule has 1 aromatic heterocycles. The second-order valence-electron chi connectivity index (χ2n) is 4.44. The molecule has 0 spiro atoms. The summed E-state index contributed by atoms with van der Waals surface area (Å²) in [4.78, 5) is 6.03. The van der Waals surface area contributed by atoms with E-state index in [9.17, 15) is 8.42 Å². The second-order valence-corrected chi connectivity index (χ2v) is 6.67. The molecule has 1 fully saturated rings. The van der Waals surface area contributed by atoms with Gasteiger partial charge in [-0.3, -0.25) is 10.4 Å². The fourth-order valence-corrected chi connectivity index (χ4v) is 3.75. The molecule has 18 heavy (non-hydrogen) atoms. The number of nitrogens with zero attached hydrogens (tertiary/aromatic N) is 2. The molecule has 7 heteroatoms. The first-order valence-corrected chi connectivity index (χ1v) is 7.49.